The van der Waals surface area contributed by atoms with Gasteiger partial charge in [-0.2, -0.15) is 0 Å². The normalized spacial score (nSPS) is 12.1. The van der Waals surface area contributed by atoms with Gasteiger partial charge in [-0.25, -0.2) is 0 Å². The summed E-state index contributed by atoms with van der Waals surface area (Å²) in [7, 11) is 0. The zero-order valence-electron chi connectivity index (χ0n) is 42.4. The van der Waals surface area contributed by atoms with Crippen LogP contribution < -0.4 is 0 Å². The van der Waals surface area contributed by atoms with Crippen LogP contribution in [-0.2, 0) is 28.6 Å². The van der Waals surface area contributed by atoms with Gasteiger partial charge in [-0.05, 0) is 51.4 Å². The van der Waals surface area contributed by atoms with E-state index in [0.29, 0.717) is 19.3 Å². The number of ether oxygens (including phenoxy) is 3. The van der Waals surface area contributed by atoms with Crippen LogP contribution in [0, 0.1) is 0 Å². The van der Waals surface area contributed by atoms with Gasteiger partial charge < -0.3 is 14.2 Å². The zero-order valence-corrected chi connectivity index (χ0v) is 42.4. The van der Waals surface area contributed by atoms with Gasteiger partial charge in [-0.3, -0.25) is 14.4 Å². The summed E-state index contributed by atoms with van der Waals surface area (Å²) in [5, 5.41) is 0. The molecule has 0 aromatic rings. The minimum atomic E-state index is -0.771. The number of unbranched alkanes of at least 4 members (excludes halogenated alkanes) is 36. The number of carbonyl (C=O) groups is 3. The van der Waals surface area contributed by atoms with Gasteiger partial charge in [0, 0.05) is 19.3 Å². The third-order valence-electron chi connectivity index (χ3n) is 12.5. The van der Waals surface area contributed by atoms with Gasteiger partial charge in [-0.15, -0.1) is 0 Å². The van der Waals surface area contributed by atoms with Crippen LogP contribution in [0.5, 0.6) is 0 Å². The molecule has 6 nitrogen and oxygen atoms in total. The largest absolute Gasteiger partial charge is 0.462 e. The molecule has 0 aromatic carbocycles. The van der Waals surface area contributed by atoms with Crippen molar-refractivity contribution in [1.29, 1.82) is 0 Å². The van der Waals surface area contributed by atoms with Crippen molar-refractivity contribution in [3.05, 3.63) is 24.3 Å². The number of hydrogen-bond acceptors (Lipinski definition) is 6. The van der Waals surface area contributed by atoms with Gasteiger partial charge in [0.05, 0.1) is 0 Å². The van der Waals surface area contributed by atoms with Crippen LogP contribution in [-0.4, -0.2) is 37.2 Å². The fourth-order valence-electron chi connectivity index (χ4n) is 8.24. The SMILES string of the molecule is CCCCC/C=C/C/C=C/CCCCCCCC(=O)OC[C@@H](COC(=O)CCCCCCCCCCCCCCCCC)OC(=O)CCCCCCCCCCCCCCCCC. The summed E-state index contributed by atoms with van der Waals surface area (Å²) in [5.41, 5.74) is 0. The van der Waals surface area contributed by atoms with Crippen molar-refractivity contribution < 1.29 is 28.6 Å². The van der Waals surface area contributed by atoms with E-state index in [0.717, 1.165) is 77.0 Å². The summed E-state index contributed by atoms with van der Waals surface area (Å²) in [4.78, 5) is 38.1. The highest BCUT2D eigenvalue weighted by Gasteiger charge is 2.19. The average Bonchev–Trinajstić information content (AvgIpc) is 3.28. The van der Waals surface area contributed by atoms with Crippen molar-refractivity contribution in [3.63, 3.8) is 0 Å². The van der Waals surface area contributed by atoms with E-state index in [4.69, 9.17) is 14.2 Å². The quantitative estimate of drug-likeness (QED) is 0.0262. The second-order valence-electron chi connectivity index (χ2n) is 18.9. The predicted molar refractivity (Wildman–Crippen MR) is 270 cm³/mol. The van der Waals surface area contributed by atoms with Gasteiger partial charge in [0.25, 0.3) is 0 Å². The maximum absolute atomic E-state index is 12.8. The number of esters is 3. The number of hydrogen-bond donors (Lipinski definition) is 0. The molecule has 0 aromatic heterocycles. The highest BCUT2D eigenvalue weighted by molar-refractivity contribution is 5.71. The fraction of sp³-hybridized carbons (Fsp3) is 0.877. The van der Waals surface area contributed by atoms with E-state index in [1.54, 1.807) is 0 Å². The standard InChI is InChI=1S/C57H106O6/c1-4-7-10-13-16-19-22-25-28-31-34-37-40-43-46-49-55(58)61-52-54(63-57(60)51-48-45-42-39-36-33-30-27-24-21-18-15-12-9-6-3)53-62-56(59)50-47-44-41-38-35-32-29-26-23-20-17-14-11-8-5-2/h16,19,25,28,54H,4-15,17-18,20-24,26-27,29-53H2,1-3H3/b19-16+,28-25+/t54-/m0/s1. The molecular formula is C57H106O6. The van der Waals surface area contributed by atoms with Crippen LogP contribution in [0.4, 0.5) is 0 Å². The molecule has 0 N–H and O–H groups in total. The molecule has 0 aliphatic rings. The second kappa shape index (κ2) is 52.5. The molecule has 6 heteroatoms. The molecule has 0 bridgehead atoms. The van der Waals surface area contributed by atoms with Crippen molar-refractivity contribution in [1.82, 2.24) is 0 Å². The lowest BCUT2D eigenvalue weighted by Gasteiger charge is -2.18. The van der Waals surface area contributed by atoms with Crippen molar-refractivity contribution in [3.8, 4) is 0 Å². The minimum Gasteiger partial charge on any atom is -0.462 e. The molecule has 0 spiro atoms. The molecule has 0 saturated heterocycles. The smallest absolute Gasteiger partial charge is 0.306 e. The summed E-state index contributed by atoms with van der Waals surface area (Å²) in [6.45, 7) is 6.65. The fourth-order valence-corrected chi connectivity index (χ4v) is 8.24. The summed E-state index contributed by atoms with van der Waals surface area (Å²) in [6.07, 6.45) is 60.1. The lowest BCUT2D eigenvalue weighted by molar-refractivity contribution is -0.167. The molecule has 0 fully saturated rings. The van der Waals surface area contributed by atoms with E-state index < -0.39 is 6.10 Å². The van der Waals surface area contributed by atoms with Crippen LogP contribution >= 0.6 is 0 Å². The van der Waals surface area contributed by atoms with E-state index in [1.807, 2.05) is 0 Å². The van der Waals surface area contributed by atoms with Crippen LogP contribution in [0.15, 0.2) is 24.3 Å². The summed E-state index contributed by atoms with van der Waals surface area (Å²) < 4.78 is 16.8. The maximum atomic E-state index is 12.8. The molecule has 0 aliphatic heterocycles. The van der Waals surface area contributed by atoms with Crippen molar-refractivity contribution in [2.75, 3.05) is 13.2 Å². The first-order chi connectivity index (χ1) is 31.0. The van der Waals surface area contributed by atoms with Gasteiger partial charge in [0.2, 0.25) is 0 Å². The molecule has 1 atom stereocenters. The molecule has 0 unspecified atom stereocenters. The van der Waals surface area contributed by atoms with Crippen LogP contribution in [0.3, 0.4) is 0 Å². The molecule has 370 valence electrons. The van der Waals surface area contributed by atoms with E-state index in [-0.39, 0.29) is 31.1 Å². The summed E-state index contributed by atoms with van der Waals surface area (Å²) in [6, 6.07) is 0. The monoisotopic (exact) mass is 887 g/mol. The summed E-state index contributed by atoms with van der Waals surface area (Å²) in [5.74, 6) is -0.865. The van der Waals surface area contributed by atoms with Crippen LogP contribution in [0.1, 0.15) is 303 Å². The Labute approximate surface area is 392 Å². The van der Waals surface area contributed by atoms with Gasteiger partial charge in [0.1, 0.15) is 13.2 Å². The number of rotatable bonds is 51. The number of allylic oxidation sites excluding steroid dienone is 4. The highest BCUT2D eigenvalue weighted by Crippen LogP contribution is 2.17. The van der Waals surface area contributed by atoms with Crippen LogP contribution in [0.25, 0.3) is 0 Å². The zero-order chi connectivity index (χ0) is 45.8. The Hall–Kier alpha value is -2.11. The van der Waals surface area contributed by atoms with E-state index >= 15 is 0 Å². The number of carbonyl (C=O) groups excluding carboxylic acids is 3. The maximum Gasteiger partial charge on any atom is 0.306 e. The highest BCUT2D eigenvalue weighted by atomic mass is 16.6. The first kappa shape index (κ1) is 60.9. The molecule has 0 heterocycles. The second-order valence-corrected chi connectivity index (χ2v) is 18.9. The van der Waals surface area contributed by atoms with E-state index in [1.165, 1.54) is 186 Å². The van der Waals surface area contributed by atoms with E-state index in [2.05, 4.69) is 45.1 Å². The molecule has 0 amide bonds. The van der Waals surface area contributed by atoms with Gasteiger partial charge in [0.15, 0.2) is 6.10 Å². The third kappa shape index (κ3) is 50.7. The lowest BCUT2D eigenvalue weighted by Crippen LogP contribution is -2.30. The van der Waals surface area contributed by atoms with Gasteiger partial charge >= 0.3 is 17.9 Å². The Morgan fingerprint density at radius 3 is 0.905 bits per heavy atom. The molecule has 63 heavy (non-hydrogen) atoms. The molecular weight excluding hydrogens is 781 g/mol. The Kier molecular flexibility index (Phi) is 50.8. The summed E-state index contributed by atoms with van der Waals surface area (Å²) >= 11 is 0. The Morgan fingerprint density at radius 1 is 0.317 bits per heavy atom. The van der Waals surface area contributed by atoms with Crippen LogP contribution in [0.2, 0.25) is 0 Å². The topological polar surface area (TPSA) is 78.9 Å². The van der Waals surface area contributed by atoms with E-state index in [9.17, 15) is 14.4 Å². The average molecular weight is 887 g/mol. The Bertz CT molecular complexity index is 1020. The lowest BCUT2D eigenvalue weighted by atomic mass is 10.0. The minimum absolute atomic E-state index is 0.0703. The first-order valence-corrected chi connectivity index (χ1v) is 27.8. The van der Waals surface area contributed by atoms with Crippen molar-refractivity contribution in [2.24, 2.45) is 0 Å². The molecule has 0 saturated carbocycles. The molecule has 0 aliphatic carbocycles. The van der Waals surface area contributed by atoms with Gasteiger partial charge in [-0.1, -0.05) is 257 Å². The van der Waals surface area contributed by atoms with Crippen molar-refractivity contribution in [2.45, 2.75) is 309 Å². The first-order valence-electron chi connectivity index (χ1n) is 27.8. The Morgan fingerprint density at radius 2 is 0.571 bits per heavy atom. The third-order valence-corrected chi connectivity index (χ3v) is 12.5. The molecule has 0 rings (SSSR count). The molecule has 0 radical (unpaired) electrons. The Balaban J connectivity index is 4.35. The predicted octanol–water partition coefficient (Wildman–Crippen LogP) is 18.3. The van der Waals surface area contributed by atoms with Crippen molar-refractivity contribution >= 4 is 17.9 Å².